The van der Waals surface area contributed by atoms with E-state index in [1.807, 2.05) is 19.1 Å². The molecule has 0 unspecified atom stereocenters. The van der Waals surface area contributed by atoms with Gasteiger partial charge in [0.05, 0.1) is 7.11 Å². The number of benzene rings is 1. The molecule has 3 heteroatoms. The zero-order valence-corrected chi connectivity index (χ0v) is 8.81. The van der Waals surface area contributed by atoms with Gasteiger partial charge in [-0.3, -0.25) is 0 Å². The van der Waals surface area contributed by atoms with Crippen molar-refractivity contribution in [3.63, 3.8) is 0 Å². The third-order valence-electron chi connectivity index (χ3n) is 1.78. The van der Waals surface area contributed by atoms with Crippen molar-refractivity contribution >= 4 is 15.9 Å². The van der Waals surface area contributed by atoms with Gasteiger partial charge in [0.15, 0.2) is 0 Å². The molecule has 0 radical (unpaired) electrons. The summed E-state index contributed by atoms with van der Waals surface area (Å²) in [6, 6.07) is 3.97. The van der Waals surface area contributed by atoms with Gasteiger partial charge in [0, 0.05) is 11.0 Å². The molecule has 0 saturated heterocycles. The van der Waals surface area contributed by atoms with E-state index in [0.717, 1.165) is 21.3 Å². The molecular formula is C9H12BrNO. The average molecular weight is 230 g/mol. The first-order valence-electron chi connectivity index (χ1n) is 3.72. The second-order valence-corrected chi connectivity index (χ2v) is 3.47. The first-order chi connectivity index (χ1) is 5.69. The number of rotatable bonds is 2. The Morgan fingerprint density at radius 2 is 2.17 bits per heavy atom. The van der Waals surface area contributed by atoms with Crippen LogP contribution in [0, 0.1) is 6.92 Å². The molecule has 12 heavy (non-hydrogen) atoms. The normalized spacial score (nSPS) is 10.0. The highest BCUT2D eigenvalue weighted by Gasteiger charge is 2.03. The molecule has 0 aliphatic rings. The summed E-state index contributed by atoms with van der Waals surface area (Å²) in [4.78, 5) is 0. The van der Waals surface area contributed by atoms with Crippen molar-refractivity contribution < 1.29 is 4.74 Å². The van der Waals surface area contributed by atoms with Crippen LogP contribution in [0.15, 0.2) is 16.6 Å². The Balaban J connectivity index is 3.18. The van der Waals surface area contributed by atoms with Crippen LogP contribution in [0.4, 0.5) is 0 Å². The van der Waals surface area contributed by atoms with Crippen LogP contribution in [0.1, 0.15) is 11.1 Å². The summed E-state index contributed by atoms with van der Waals surface area (Å²) < 4.78 is 6.21. The molecule has 0 amide bonds. The SMILES string of the molecule is COc1cc(CN)c(Br)cc1C. The van der Waals surface area contributed by atoms with Gasteiger partial charge in [-0.2, -0.15) is 0 Å². The van der Waals surface area contributed by atoms with Gasteiger partial charge in [-0.05, 0) is 30.2 Å². The molecule has 1 aromatic rings. The second-order valence-electron chi connectivity index (χ2n) is 2.62. The summed E-state index contributed by atoms with van der Waals surface area (Å²) in [5.41, 5.74) is 7.72. The maximum absolute atomic E-state index is 5.54. The standard InChI is InChI=1S/C9H12BrNO/c1-6-3-8(10)7(5-11)4-9(6)12-2/h3-4H,5,11H2,1-2H3. The quantitative estimate of drug-likeness (QED) is 0.845. The number of methoxy groups -OCH3 is 1. The fourth-order valence-electron chi connectivity index (χ4n) is 1.07. The van der Waals surface area contributed by atoms with Crippen LogP contribution in [0.3, 0.4) is 0 Å². The Hall–Kier alpha value is -0.540. The molecule has 0 aliphatic carbocycles. The van der Waals surface area contributed by atoms with E-state index in [2.05, 4.69) is 15.9 Å². The minimum absolute atomic E-state index is 0.525. The number of aryl methyl sites for hydroxylation is 1. The van der Waals surface area contributed by atoms with Crippen LogP contribution in [-0.4, -0.2) is 7.11 Å². The maximum Gasteiger partial charge on any atom is 0.122 e. The molecule has 0 fully saturated rings. The molecule has 0 saturated carbocycles. The number of hydrogen-bond acceptors (Lipinski definition) is 2. The molecule has 2 N–H and O–H groups in total. The van der Waals surface area contributed by atoms with Crippen LogP contribution in [0.2, 0.25) is 0 Å². The van der Waals surface area contributed by atoms with Gasteiger partial charge in [-0.1, -0.05) is 15.9 Å². The van der Waals surface area contributed by atoms with Gasteiger partial charge in [0.2, 0.25) is 0 Å². The first-order valence-corrected chi connectivity index (χ1v) is 4.51. The summed E-state index contributed by atoms with van der Waals surface area (Å²) >= 11 is 3.44. The van der Waals surface area contributed by atoms with Crippen molar-refractivity contribution in [3.05, 3.63) is 27.7 Å². The third kappa shape index (κ3) is 1.79. The van der Waals surface area contributed by atoms with Crippen LogP contribution in [0.25, 0.3) is 0 Å². The molecule has 1 rings (SSSR count). The molecule has 0 bridgehead atoms. The number of halogens is 1. The average Bonchev–Trinajstić information content (AvgIpc) is 2.05. The lowest BCUT2D eigenvalue weighted by molar-refractivity contribution is 0.411. The first kappa shape index (κ1) is 9.55. The van der Waals surface area contributed by atoms with Gasteiger partial charge in [0.25, 0.3) is 0 Å². The van der Waals surface area contributed by atoms with E-state index in [1.54, 1.807) is 7.11 Å². The van der Waals surface area contributed by atoms with Crippen molar-refractivity contribution in [3.8, 4) is 5.75 Å². The highest BCUT2D eigenvalue weighted by atomic mass is 79.9. The smallest absolute Gasteiger partial charge is 0.122 e. The van der Waals surface area contributed by atoms with Crippen molar-refractivity contribution in [2.24, 2.45) is 5.73 Å². The van der Waals surface area contributed by atoms with Gasteiger partial charge >= 0.3 is 0 Å². The number of hydrogen-bond donors (Lipinski definition) is 1. The van der Waals surface area contributed by atoms with Crippen LogP contribution in [0.5, 0.6) is 5.75 Å². The van der Waals surface area contributed by atoms with Gasteiger partial charge in [-0.25, -0.2) is 0 Å². The topological polar surface area (TPSA) is 35.2 Å². The number of nitrogens with two attached hydrogens (primary N) is 1. The summed E-state index contributed by atoms with van der Waals surface area (Å²) in [5.74, 6) is 0.888. The fraction of sp³-hybridized carbons (Fsp3) is 0.333. The highest BCUT2D eigenvalue weighted by molar-refractivity contribution is 9.10. The summed E-state index contributed by atoms with van der Waals surface area (Å²) in [6.07, 6.45) is 0. The zero-order chi connectivity index (χ0) is 9.14. The van der Waals surface area contributed by atoms with Crippen LogP contribution in [-0.2, 0) is 6.54 Å². The van der Waals surface area contributed by atoms with Crippen molar-refractivity contribution in [2.45, 2.75) is 13.5 Å². The molecule has 0 spiro atoms. The zero-order valence-electron chi connectivity index (χ0n) is 7.23. The molecule has 0 aliphatic heterocycles. The minimum atomic E-state index is 0.525. The highest BCUT2D eigenvalue weighted by Crippen LogP contribution is 2.26. The second kappa shape index (κ2) is 3.92. The van der Waals surface area contributed by atoms with Crippen molar-refractivity contribution in [1.29, 1.82) is 0 Å². The van der Waals surface area contributed by atoms with Crippen molar-refractivity contribution in [1.82, 2.24) is 0 Å². The van der Waals surface area contributed by atoms with E-state index in [4.69, 9.17) is 10.5 Å². The van der Waals surface area contributed by atoms with E-state index < -0.39 is 0 Å². The lowest BCUT2D eigenvalue weighted by Gasteiger charge is -2.08. The van der Waals surface area contributed by atoms with Gasteiger partial charge < -0.3 is 10.5 Å². The van der Waals surface area contributed by atoms with Gasteiger partial charge in [0.1, 0.15) is 5.75 Å². The minimum Gasteiger partial charge on any atom is -0.496 e. The predicted octanol–water partition coefficient (Wildman–Crippen LogP) is 2.22. The summed E-state index contributed by atoms with van der Waals surface area (Å²) in [6.45, 7) is 2.53. The lowest BCUT2D eigenvalue weighted by Crippen LogP contribution is -1.99. The molecule has 2 nitrogen and oxygen atoms in total. The summed E-state index contributed by atoms with van der Waals surface area (Å²) in [7, 11) is 1.66. The van der Waals surface area contributed by atoms with Crippen LogP contribution >= 0.6 is 15.9 Å². The van der Waals surface area contributed by atoms with E-state index in [9.17, 15) is 0 Å². The van der Waals surface area contributed by atoms with Gasteiger partial charge in [-0.15, -0.1) is 0 Å². The lowest BCUT2D eigenvalue weighted by atomic mass is 10.1. The van der Waals surface area contributed by atoms with Crippen molar-refractivity contribution in [2.75, 3.05) is 7.11 Å². The number of ether oxygens (including phenoxy) is 1. The monoisotopic (exact) mass is 229 g/mol. The fourth-order valence-corrected chi connectivity index (χ4v) is 1.69. The largest absolute Gasteiger partial charge is 0.496 e. The predicted molar refractivity (Wildman–Crippen MR) is 53.3 cm³/mol. The molecular weight excluding hydrogens is 218 g/mol. The Kier molecular flexibility index (Phi) is 3.12. The molecule has 0 aromatic heterocycles. The molecule has 1 aromatic carbocycles. The molecule has 0 heterocycles. The van der Waals surface area contributed by atoms with Crippen LogP contribution < -0.4 is 10.5 Å². The van der Waals surface area contributed by atoms with E-state index in [-0.39, 0.29) is 0 Å². The molecule has 66 valence electrons. The Labute approximate surface area is 80.8 Å². The Morgan fingerprint density at radius 3 is 2.67 bits per heavy atom. The van der Waals surface area contributed by atoms with E-state index >= 15 is 0 Å². The third-order valence-corrected chi connectivity index (χ3v) is 2.52. The van der Waals surface area contributed by atoms with E-state index in [1.165, 1.54) is 0 Å². The maximum atomic E-state index is 5.54. The molecule has 0 atom stereocenters. The summed E-state index contributed by atoms with van der Waals surface area (Å²) in [5, 5.41) is 0. The Morgan fingerprint density at radius 1 is 1.50 bits per heavy atom. The Bertz CT molecular complexity index is 261. The van der Waals surface area contributed by atoms with E-state index in [0.29, 0.717) is 6.54 Å².